The van der Waals surface area contributed by atoms with Crippen LogP contribution in [0.3, 0.4) is 0 Å². The number of anilines is 1. The molecule has 0 aliphatic carbocycles. The Morgan fingerprint density at radius 2 is 2.05 bits per heavy atom. The summed E-state index contributed by atoms with van der Waals surface area (Å²) in [4.78, 5) is 22.4. The minimum Gasteiger partial charge on any atom is -0.382 e. The van der Waals surface area contributed by atoms with Gasteiger partial charge in [0.1, 0.15) is 0 Å². The van der Waals surface area contributed by atoms with Crippen molar-refractivity contribution in [2.75, 3.05) is 11.9 Å². The Balaban J connectivity index is 2.54. The molecule has 0 saturated carbocycles. The summed E-state index contributed by atoms with van der Waals surface area (Å²) in [6, 6.07) is 2.83. The van der Waals surface area contributed by atoms with Gasteiger partial charge < -0.3 is 15.7 Å². The van der Waals surface area contributed by atoms with Crippen molar-refractivity contribution < 1.29 is 27.9 Å². The zero-order valence-electron chi connectivity index (χ0n) is 9.75. The lowest BCUT2D eigenvalue weighted by molar-refractivity contribution is -0.201. The molecule has 1 heterocycles. The standard InChI is InChI=1S/C10H11F3N2O3S/c1-5(16)15-8-3-2-6(19-8)9(18)14-4-7(17)10(11,12)13/h2-3,7,17H,4H2,1H3,(H,14,18)(H,15,16). The average molecular weight is 296 g/mol. The number of hydrogen-bond acceptors (Lipinski definition) is 4. The van der Waals surface area contributed by atoms with Crippen molar-refractivity contribution in [3.8, 4) is 0 Å². The summed E-state index contributed by atoms with van der Waals surface area (Å²) in [5, 5.41) is 13.5. The second-order valence-corrected chi connectivity index (χ2v) is 4.70. The van der Waals surface area contributed by atoms with Gasteiger partial charge in [0.2, 0.25) is 5.91 Å². The quantitative estimate of drug-likeness (QED) is 0.785. The van der Waals surface area contributed by atoms with Gasteiger partial charge in [-0.1, -0.05) is 0 Å². The smallest absolute Gasteiger partial charge is 0.382 e. The zero-order chi connectivity index (χ0) is 14.6. The molecule has 0 radical (unpaired) electrons. The fourth-order valence-electron chi connectivity index (χ4n) is 1.09. The van der Waals surface area contributed by atoms with E-state index < -0.39 is 24.7 Å². The van der Waals surface area contributed by atoms with E-state index in [2.05, 4.69) is 5.32 Å². The number of amides is 2. The van der Waals surface area contributed by atoms with Gasteiger partial charge in [0.05, 0.1) is 16.4 Å². The number of hydrogen-bond donors (Lipinski definition) is 3. The highest BCUT2D eigenvalue weighted by Gasteiger charge is 2.38. The monoisotopic (exact) mass is 296 g/mol. The molecule has 2 amide bonds. The van der Waals surface area contributed by atoms with Crippen LogP contribution in [0.25, 0.3) is 0 Å². The Morgan fingerprint density at radius 3 is 2.58 bits per heavy atom. The third kappa shape index (κ3) is 4.87. The summed E-state index contributed by atoms with van der Waals surface area (Å²) in [7, 11) is 0. The molecule has 5 nitrogen and oxygen atoms in total. The summed E-state index contributed by atoms with van der Waals surface area (Å²) in [5.41, 5.74) is 0. The molecule has 1 aromatic heterocycles. The number of rotatable bonds is 4. The summed E-state index contributed by atoms with van der Waals surface area (Å²) < 4.78 is 36.0. The van der Waals surface area contributed by atoms with Gasteiger partial charge in [0.25, 0.3) is 5.91 Å². The summed E-state index contributed by atoms with van der Waals surface area (Å²) in [6.45, 7) is 0.370. The lowest BCUT2D eigenvalue weighted by Crippen LogP contribution is -2.40. The van der Waals surface area contributed by atoms with Gasteiger partial charge in [-0.15, -0.1) is 11.3 Å². The molecule has 19 heavy (non-hydrogen) atoms. The molecule has 0 saturated heterocycles. The molecule has 0 fully saturated rings. The van der Waals surface area contributed by atoms with Gasteiger partial charge in [-0.3, -0.25) is 9.59 Å². The van der Waals surface area contributed by atoms with Crippen LogP contribution in [0.15, 0.2) is 12.1 Å². The Bertz CT molecular complexity index is 473. The highest BCUT2D eigenvalue weighted by molar-refractivity contribution is 7.18. The van der Waals surface area contributed by atoms with E-state index in [-0.39, 0.29) is 10.8 Å². The van der Waals surface area contributed by atoms with Crippen LogP contribution in [-0.2, 0) is 4.79 Å². The van der Waals surface area contributed by atoms with Gasteiger partial charge in [-0.25, -0.2) is 0 Å². The van der Waals surface area contributed by atoms with Gasteiger partial charge >= 0.3 is 6.18 Å². The predicted octanol–water partition coefficient (Wildman–Crippen LogP) is 1.36. The van der Waals surface area contributed by atoms with Gasteiger partial charge in [0, 0.05) is 6.92 Å². The van der Waals surface area contributed by atoms with Gasteiger partial charge in [0.15, 0.2) is 6.10 Å². The Hall–Kier alpha value is -1.61. The van der Waals surface area contributed by atoms with Crippen LogP contribution in [0.1, 0.15) is 16.6 Å². The van der Waals surface area contributed by atoms with Crippen LogP contribution < -0.4 is 10.6 Å². The highest BCUT2D eigenvalue weighted by Crippen LogP contribution is 2.22. The van der Waals surface area contributed by atoms with Gasteiger partial charge in [-0.05, 0) is 12.1 Å². The maximum absolute atomic E-state index is 12.0. The minimum absolute atomic E-state index is 0.137. The van der Waals surface area contributed by atoms with Crippen molar-refractivity contribution in [1.29, 1.82) is 0 Å². The van der Waals surface area contributed by atoms with E-state index in [0.717, 1.165) is 11.3 Å². The molecule has 0 aromatic carbocycles. The number of nitrogens with one attached hydrogen (secondary N) is 2. The first-order valence-corrected chi connectivity index (χ1v) is 5.92. The largest absolute Gasteiger partial charge is 0.416 e. The number of aliphatic hydroxyl groups is 1. The van der Waals surface area contributed by atoms with Crippen LogP contribution in [0.5, 0.6) is 0 Å². The molecule has 1 atom stereocenters. The normalized spacial score (nSPS) is 12.9. The number of carbonyl (C=O) groups is 2. The molecule has 106 valence electrons. The molecule has 0 aliphatic heterocycles. The molecule has 9 heteroatoms. The number of alkyl halides is 3. The fourth-order valence-corrected chi connectivity index (χ4v) is 1.96. The molecule has 1 unspecified atom stereocenters. The van der Waals surface area contributed by atoms with Crippen molar-refractivity contribution in [2.24, 2.45) is 0 Å². The first-order valence-electron chi connectivity index (χ1n) is 5.10. The van der Waals surface area contributed by atoms with E-state index in [1.54, 1.807) is 0 Å². The molecule has 0 spiro atoms. The number of halogens is 3. The molecule has 0 bridgehead atoms. The van der Waals surface area contributed by atoms with Crippen LogP contribution in [0.4, 0.5) is 18.2 Å². The molecule has 1 aromatic rings. The van der Waals surface area contributed by atoms with Crippen LogP contribution in [-0.4, -0.2) is 35.7 Å². The van der Waals surface area contributed by atoms with E-state index in [0.29, 0.717) is 5.00 Å². The van der Waals surface area contributed by atoms with E-state index in [4.69, 9.17) is 5.11 Å². The van der Waals surface area contributed by atoms with E-state index in [1.165, 1.54) is 19.1 Å². The lowest BCUT2D eigenvalue weighted by atomic mass is 10.3. The van der Waals surface area contributed by atoms with E-state index in [1.807, 2.05) is 5.32 Å². The number of carbonyl (C=O) groups excluding carboxylic acids is 2. The second-order valence-electron chi connectivity index (χ2n) is 3.61. The van der Waals surface area contributed by atoms with Crippen molar-refractivity contribution in [1.82, 2.24) is 5.32 Å². The fraction of sp³-hybridized carbons (Fsp3) is 0.400. The van der Waals surface area contributed by atoms with Crippen molar-refractivity contribution >= 4 is 28.2 Å². The van der Waals surface area contributed by atoms with Crippen molar-refractivity contribution in [3.63, 3.8) is 0 Å². The third-order valence-electron chi connectivity index (χ3n) is 1.96. The first kappa shape index (κ1) is 15.4. The molecule has 0 aliphatic rings. The van der Waals surface area contributed by atoms with Crippen LogP contribution >= 0.6 is 11.3 Å². The Morgan fingerprint density at radius 1 is 1.42 bits per heavy atom. The number of thiophene rings is 1. The first-order chi connectivity index (χ1) is 8.70. The van der Waals surface area contributed by atoms with Crippen molar-refractivity contribution in [3.05, 3.63) is 17.0 Å². The third-order valence-corrected chi connectivity index (χ3v) is 2.96. The minimum atomic E-state index is -4.77. The van der Waals surface area contributed by atoms with E-state index >= 15 is 0 Å². The van der Waals surface area contributed by atoms with Crippen molar-refractivity contribution in [2.45, 2.75) is 19.2 Å². The highest BCUT2D eigenvalue weighted by atomic mass is 32.1. The SMILES string of the molecule is CC(=O)Nc1ccc(C(=O)NCC(O)C(F)(F)F)s1. The molecule has 1 rings (SSSR count). The maximum atomic E-state index is 12.0. The molecule has 3 N–H and O–H groups in total. The zero-order valence-corrected chi connectivity index (χ0v) is 10.6. The Kier molecular flexibility index (Phi) is 4.90. The maximum Gasteiger partial charge on any atom is 0.416 e. The van der Waals surface area contributed by atoms with Crippen LogP contribution in [0, 0.1) is 0 Å². The second kappa shape index (κ2) is 6.02. The predicted molar refractivity (Wildman–Crippen MR) is 63.0 cm³/mol. The summed E-state index contributed by atoms with van der Waals surface area (Å²) in [5.74, 6) is -1.06. The van der Waals surface area contributed by atoms with Gasteiger partial charge in [-0.2, -0.15) is 13.2 Å². The molecular formula is C10H11F3N2O3S. The summed E-state index contributed by atoms with van der Waals surface area (Å²) in [6.07, 6.45) is -7.38. The lowest BCUT2D eigenvalue weighted by Gasteiger charge is -2.14. The van der Waals surface area contributed by atoms with Crippen LogP contribution in [0.2, 0.25) is 0 Å². The van der Waals surface area contributed by atoms with E-state index in [9.17, 15) is 22.8 Å². The molecular weight excluding hydrogens is 285 g/mol. The Labute approximate surface area is 110 Å². The summed E-state index contributed by atoms with van der Waals surface area (Å²) >= 11 is 0.922. The average Bonchev–Trinajstić information content (AvgIpc) is 2.71. The number of aliphatic hydroxyl groups excluding tert-OH is 1. The topological polar surface area (TPSA) is 78.4 Å².